The average molecular weight is 324 g/mol. The van der Waals surface area contributed by atoms with E-state index in [1.807, 2.05) is 30.3 Å². The van der Waals surface area contributed by atoms with Gasteiger partial charge < -0.3 is 10.6 Å². The maximum Gasteiger partial charge on any atom is 0.234 e. The third-order valence-electron chi connectivity index (χ3n) is 4.23. The summed E-state index contributed by atoms with van der Waals surface area (Å²) in [6, 6.07) is 18.8. The van der Waals surface area contributed by atoms with Crippen molar-refractivity contribution in [1.29, 1.82) is 0 Å². The molecule has 0 radical (unpaired) electrons. The minimum absolute atomic E-state index is 0.0229. The minimum atomic E-state index is 0.0229. The van der Waals surface area contributed by atoms with Crippen LogP contribution in [0.4, 0.5) is 0 Å². The Labute approximate surface area is 145 Å². The second kappa shape index (κ2) is 9.24. The molecule has 0 aliphatic rings. The summed E-state index contributed by atoms with van der Waals surface area (Å²) in [6.07, 6.45) is 1.04. The average Bonchev–Trinajstić information content (AvgIpc) is 2.61. The monoisotopic (exact) mass is 324 g/mol. The fourth-order valence-corrected chi connectivity index (χ4v) is 2.76. The smallest absolute Gasteiger partial charge is 0.234 e. The van der Waals surface area contributed by atoms with Crippen LogP contribution in [0, 0.1) is 5.92 Å². The molecule has 1 amide bonds. The molecule has 0 heterocycles. The van der Waals surface area contributed by atoms with Crippen molar-refractivity contribution in [3.8, 4) is 0 Å². The minimum Gasteiger partial charge on any atom is -0.351 e. The molecule has 0 spiro atoms. The molecule has 128 valence electrons. The molecule has 0 aliphatic carbocycles. The molecule has 0 bridgehead atoms. The van der Waals surface area contributed by atoms with Gasteiger partial charge in [0.25, 0.3) is 0 Å². The van der Waals surface area contributed by atoms with Gasteiger partial charge in [-0.3, -0.25) is 4.79 Å². The predicted molar refractivity (Wildman–Crippen MR) is 99.7 cm³/mol. The lowest BCUT2D eigenvalue weighted by molar-refractivity contribution is -0.120. The molecule has 2 aromatic rings. The van der Waals surface area contributed by atoms with Crippen LogP contribution < -0.4 is 10.6 Å². The SMILES string of the molecule is CCc1ccc([C@H](NCC(=O)NCc2ccccc2)C(C)C)cc1. The Hall–Kier alpha value is -2.13. The molecule has 0 fully saturated rings. The van der Waals surface area contributed by atoms with Gasteiger partial charge in [-0.1, -0.05) is 75.4 Å². The first-order chi connectivity index (χ1) is 11.6. The first kappa shape index (κ1) is 18.2. The van der Waals surface area contributed by atoms with Gasteiger partial charge in [-0.25, -0.2) is 0 Å². The van der Waals surface area contributed by atoms with Crippen LogP contribution in [-0.4, -0.2) is 12.5 Å². The van der Waals surface area contributed by atoms with Gasteiger partial charge in [0.05, 0.1) is 6.54 Å². The van der Waals surface area contributed by atoms with E-state index in [4.69, 9.17) is 0 Å². The number of hydrogen-bond donors (Lipinski definition) is 2. The van der Waals surface area contributed by atoms with Crippen molar-refractivity contribution in [3.63, 3.8) is 0 Å². The van der Waals surface area contributed by atoms with E-state index in [1.54, 1.807) is 0 Å². The van der Waals surface area contributed by atoms with Gasteiger partial charge in [-0.05, 0) is 29.0 Å². The highest BCUT2D eigenvalue weighted by Crippen LogP contribution is 2.22. The highest BCUT2D eigenvalue weighted by atomic mass is 16.1. The van der Waals surface area contributed by atoms with Crippen LogP contribution in [0.1, 0.15) is 43.5 Å². The number of amides is 1. The normalized spacial score (nSPS) is 12.2. The molecule has 1 atom stereocenters. The fraction of sp³-hybridized carbons (Fsp3) is 0.381. The summed E-state index contributed by atoms with van der Waals surface area (Å²) in [7, 11) is 0. The highest BCUT2D eigenvalue weighted by Gasteiger charge is 2.16. The Kier molecular flexibility index (Phi) is 7.01. The van der Waals surface area contributed by atoms with Crippen LogP contribution in [-0.2, 0) is 17.8 Å². The van der Waals surface area contributed by atoms with Gasteiger partial charge in [0.15, 0.2) is 0 Å². The van der Waals surface area contributed by atoms with E-state index in [0.717, 1.165) is 12.0 Å². The summed E-state index contributed by atoms with van der Waals surface area (Å²) in [5, 5.41) is 6.36. The predicted octanol–water partition coefficient (Wildman–Crippen LogP) is 3.85. The summed E-state index contributed by atoms with van der Waals surface area (Å²) in [5.41, 5.74) is 3.68. The molecule has 3 heteroatoms. The Balaban J connectivity index is 1.87. The third kappa shape index (κ3) is 5.50. The van der Waals surface area contributed by atoms with Gasteiger partial charge in [-0.2, -0.15) is 0 Å². The molecule has 2 N–H and O–H groups in total. The van der Waals surface area contributed by atoms with Gasteiger partial charge in [0.1, 0.15) is 0 Å². The molecular weight excluding hydrogens is 296 g/mol. The Morgan fingerprint density at radius 1 is 0.958 bits per heavy atom. The largest absolute Gasteiger partial charge is 0.351 e. The van der Waals surface area contributed by atoms with E-state index < -0.39 is 0 Å². The maximum atomic E-state index is 12.1. The van der Waals surface area contributed by atoms with E-state index in [2.05, 4.69) is 55.7 Å². The number of aryl methyl sites for hydroxylation is 1. The van der Waals surface area contributed by atoms with Crippen molar-refractivity contribution in [1.82, 2.24) is 10.6 Å². The van der Waals surface area contributed by atoms with Crippen LogP contribution in [0.15, 0.2) is 54.6 Å². The van der Waals surface area contributed by atoms with Crippen molar-refractivity contribution in [2.24, 2.45) is 5.92 Å². The number of carbonyl (C=O) groups is 1. The molecule has 24 heavy (non-hydrogen) atoms. The van der Waals surface area contributed by atoms with Crippen LogP contribution in [0.25, 0.3) is 0 Å². The van der Waals surface area contributed by atoms with E-state index in [0.29, 0.717) is 19.0 Å². The second-order valence-corrected chi connectivity index (χ2v) is 6.46. The standard InChI is InChI=1S/C21H28N2O/c1-4-17-10-12-19(13-11-17)21(16(2)3)23-15-20(24)22-14-18-8-6-5-7-9-18/h5-13,16,21,23H,4,14-15H2,1-3H3,(H,22,24)/t21-/m1/s1. The van der Waals surface area contributed by atoms with Gasteiger partial charge in [-0.15, -0.1) is 0 Å². The molecule has 0 unspecified atom stereocenters. The molecule has 2 rings (SSSR count). The van der Waals surface area contributed by atoms with E-state index >= 15 is 0 Å². The number of nitrogens with one attached hydrogen (secondary N) is 2. The number of hydrogen-bond acceptors (Lipinski definition) is 2. The van der Waals surface area contributed by atoms with E-state index in [-0.39, 0.29) is 11.9 Å². The van der Waals surface area contributed by atoms with Crippen LogP contribution in [0.2, 0.25) is 0 Å². The van der Waals surface area contributed by atoms with Crippen molar-refractivity contribution in [2.75, 3.05) is 6.54 Å². The molecular formula is C21H28N2O. The zero-order valence-corrected chi connectivity index (χ0v) is 14.9. The van der Waals surface area contributed by atoms with Crippen molar-refractivity contribution < 1.29 is 4.79 Å². The fourth-order valence-electron chi connectivity index (χ4n) is 2.76. The number of carbonyl (C=O) groups excluding carboxylic acids is 1. The highest BCUT2D eigenvalue weighted by molar-refractivity contribution is 5.78. The molecule has 0 aliphatic heterocycles. The van der Waals surface area contributed by atoms with Gasteiger partial charge in [0.2, 0.25) is 5.91 Å². The number of rotatable bonds is 8. The summed E-state index contributed by atoms with van der Waals surface area (Å²) >= 11 is 0. The van der Waals surface area contributed by atoms with E-state index in [9.17, 15) is 4.79 Å². The van der Waals surface area contributed by atoms with Crippen molar-refractivity contribution >= 4 is 5.91 Å². The zero-order valence-electron chi connectivity index (χ0n) is 14.9. The van der Waals surface area contributed by atoms with Crippen LogP contribution in [0.5, 0.6) is 0 Å². The molecule has 0 aromatic heterocycles. The second-order valence-electron chi connectivity index (χ2n) is 6.46. The topological polar surface area (TPSA) is 41.1 Å². The van der Waals surface area contributed by atoms with Crippen molar-refractivity contribution in [2.45, 2.75) is 39.8 Å². The lowest BCUT2D eigenvalue weighted by Gasteiger charge is -2.23. The molecule has 3 nitrogen and oxygen atoms in total. The first-order valence-electron chi connectivity index (χ1n) is 8.73. The van der Waals surface area contributed by atoms with E-state index in [1.165, 1.54) is 11.1 Å². The summed E-state index contributed by atoms with van der Waals surface area (Å²) < 4.78 is 0. The van der Waals surface area contributed by atoms with Crippen LogP contribution >= 0.6 is 0 Å². The quantitative estimate of drug-likeness (QED) is 0.774. The zero-order chi connectivity index (χ0) is 17.4. The Bertz CT molecular complexity index is 620. The maximum absolute atomic E-state index is 12.1. The Morgan fingerprint density at radius 2 is 1.62 bits per heavy atom. The molecule has 2 aromatic carbocycles. The first-order valence-corrected chi connectivity index (χ1v) is 8.73. The lowest BCUT2D eigenvalue weighted by atomic mass is 9.95. The molecule has 0 saturated heterocycles. The van der Waals surface area contributed by atoms with Crippen molar-refractivity contribution in [3.05, 3.63) is 71.3 Å². The molecule has 0 saturated carbocycles. The summed E-state index contributed by atoms with van der Waals surface area (Å²) in [5.74, 6) is 0.439. The van der Waals surface area contributed by atoms with Gasteiger partial charge >= 0.3 is 0 Å². The van der Waals surface area contributed by atoms with Crippen LogP contribution in [0.3, 0.4) is 0 Å². The third-order valence-corrected chi connectivity index (χ3v) is 4.23. The summed E-state index contributed by atoms with van der Waals surface area (Å²) in [4.78, 5) is 12.1. The lowest BCUT2D eigenvalue weighted by Crippen LogP contribution is -2.37. The Morgan fingerprint density at radius 3 is 2.21 bits per heavy atom. The van der Waals surface area contributed by atoms with Gasteiger partial charge in [0, 0.05) is 12.6 Å². The summed E-state index contributed by atoms with van der Waals surface area (Å²) in [6.45, 7) is 7.40. The number of benzene rings is 2.